The number of benzene rings is 1. The molecule has 0 aliphatic carbocycles. The van der Waals surface area contributed by atoms with Crippen molar-refractivity contribution in [2.75, 3.05) is 33.4 Å². The minimum atomic E-state index is -0.0156. The Bertz CT molecular complexity index is 476. The number of amides is 1. The van der Waals surface area contributed by atoms with E-state index < -0.39 is 0 Å². The van der Waals surface area contributed by atoms with E-state index in [0.29, 0.717) is 6.54 Å². The summed E-state index contributed by atoms with van der Waals surface area (Å²) in [5.74, 6) is 0.842. The zero-order chi connectivity index (χ0) is 15.2. The maximum absolute atomic E-state index is 12.4. The molecule has 1 aromatic rings. The molecule has 21 heavy (non-hydrogen) atoms. The van der Waals surface area contributed by atoms with E-state index in [1.807, 2.05) is 43.0 Å². The Labute approximate surface area is 126 Å². The molecule has 1 N–H and O–H groups in total. The molecule has 1 saturated heterocycles. The van der Waals surface area contributed by atoms with Crippen LogP contribution in [0.4, 0.5) is 0 Å². The average Bonchev–Trinajstić information content (AvgIpc) is 2.52. The first-order chi connectivity index (χ1) is 10.1. The number of hydrogen-bond acceptors (Lipinski definition) is 4. The van der Waals surface area contributed by atoms with Crippen molar-refractivity contribution >= 4 is 5.91 Å². The molecular weight excluding hydrogens is 268 g/mol. The highest BCUT2D eigenvalue weighted by atomic mass is 16.5. The lowest BCUT2D eigenvalue weighted by molar-refractivity contribution is -0.141. The molecule has 1 amide bonds. The quantitative estimate of drug-likeness (QED) is 0.895. The van der Waals surface area contributed by atoms with Crippen molar-refractivity contribution < 1.29 is 14.3 Å². The third-order valence-electron chi connectivity index (χ3n) is 3.60. The van der Waals surface area contributed by atoms with Crippen LogP contribution in [0.25, 0.3) is 0 Å². The van der Waals surface area contributed by atoms with Crippen molar-refractivity contribution in [1.82, 2.24) is 10.2 Å². The van der Waals surface area contributed by atoms with Crippen LogP contribution >= 0.6 is 0 Å². The van der Waals surface area contributed by atoms with Gasteiger partial charge in [0, 0.05) is 25.2 Å². The molecule has 2 rings (SSSR count). The fraction of sp³-hybridized carbons (Fsp3) is 0.562. The van der Waals surface area contributed by atoms with Crippen molar-refractivity contribution in [3.8, 4) is 5.75 Å². The van der Waals surface area contributed by atoms with E-state index in [1.165, 1.54) is 0 Å². The number of carbonyl (C=O) groups excluding carboxylic acids is 1. The topological polar surface area (TPSA) is 50.8 Å². The van der Waals surface area contributed by atoms with Crippen molar-refractivity contribution in [2.24, 2.45) is 0 Å². The molecule has 1 unspecified atom stereocenters. The minimum absolute atomic E-state index is 0.0156. The highest BCUT2D eigenvalue weighted by Crippen LogP contribution is 2.30. The highest BCUT2D eigenvalue weighted by molar-refractivity contribution is 5.78. The predicted molar refractivity (Wildman–Crippen MR) is 81.4 cm³/mol. The van der Waals surface area contributed by atoms with Gasteiger partial charge >= 0.3 is 0 Å². The van der Waals surface area contributed by atoms with Gasteiger partial charge in [-0.2, -0.15) is 0 Å². The number of nitrogens with zero attached hydrogens (tertiary/aromatic N) is 1. The maximum Gasteiger partial charge on any atom is 0.249 e. The Morgan fingerprint density at radius 3 is 2.90 bits per heavy atom. The van der Waals surface area contributed by atoms with Gasteiger partial charge in [-0.1, -0.05) is 18.2 Å². The molecule has 5 heteroatoms. The summed E-state index contributed by atoms with van der Waals surface area (Å²) in [6.45, 7) is 6.21. The van der Waals surface area contributed by atoms with Crippen LogP contribution in [0.2, 0.25) is 0 Å². The summed E-state index contributed by atoms with van der Waals surface area (Å²) in [4.78, 5) is 14.3. The molecule has 116 valence electrons. The predicted octanol–water partition coefficient (Wildman–Crippen LogP) is 1.59. The number of hydrogen-bond donors (Lipinski definition) is 1. The summed E-state index contributed by atoms with van der Waals surface area (Å²) in [5.41, 5.74) is 1.03. The summed E-state index contributed by atoms with van der Waals surface area (Å²) >= 11 is 0. The number of carbonyl (C=O) groups is 1. The van der Waals surface area contributed by atoms with Crippen molar-refractivity contribution in [1.29, 1.82) is 0 Å². The SMILES string of the molecule is COc1ccccc1C1CNCCN1C(=O)COC(C)C. The lowest BCUT2D eigenvalue weighted by atomic mass is 10.0. The van der Waals surface area contributed by atoms with Gasteiger partial charge in [-0.25, -0.2) is 0 Å². The normalized spacial score (nSPS) is 18.9. The van der Waals surface area contributed by atoms with Crippen LogP contribution in [-0.2, 0) is 9.53 Å². The summed E-state index contributed by atoms with van der Waals surface area (Å²) < 4.78 is 10.9. The van der Waals surface area contributed by atoms with Crippen LogP contribution in [0, 0.1) is 0 Å². The van der Waals surface area contributed by atoms with E-state index in [9.17, 15) is 4.79 Å². The van der Waals surface area contributed by atoms with Crippen molar-refractivity contribution in [3.05, 3.63) is 29.8 Å². The summed E-state index contributed by atoms with van der Waals surface area (Å²) in [6, 6.07) is 7.84. The number of ether oxygens (including phenoxy) is 2. The van der Waals surface area contributed by atoms with Gasteiger partial charge in [-0.05, 0) is 19.9 Å². The molecule has 1 fully saturated rings. The van der Waals surface area contributed by atoms with Crippen LogP contribution in [0.3, 0.4) is 0 Å². The Morgan fingerprint density at radius 2 is 2.19 bits per heavy atom. The maximum atomic E-state index is 12.4. The number of piperazine rings is 1. The van der Waals surface area contributed by atoms with Gasteiger partial charge in [0.2, 0.25) is 5.91 Å². The van der Waals surface area contributed by atoms with Gasteiger partial charge < -0.3 is 19.7 Å². The Kier molecular flexibility index (Phi) is 5.59. The van der Waals surface area contributed by atoms with Crippen LogP contribution < -0.4 is 10.1 Å². The molecule has 1 heterocycles. The van der Waals surface area contributed by atoms with E-state index in [0.717, 1.165) is 24.4 Å². The van der Waals surface area contributed by atoms with Gasteiger partial charge in [0.1, 0.15) is 12.4 Å². The van der Waals surface area contributed by atoms with Crippen LogP contribution in [0.5, 0.6) is 5.75 Å². The number of rotatable bonds is 5. The van der Waals surface area contributed by atoms with Gasteiger partial charge in [0.05, 0.1) is 19.3 Å². The molecule has 1 aliphatic heterocycles. The fourth-order valence-corrected chi connectivity index (χ4v) is 2.54. The van der Waals surface area contributed by atoms with E-state index in [4.69, 9.17) is 9.47 Å². The first-order valence-corrected chi connectivity index (χ1v) is 7.38. The molecule has 0 spiro atoms. The smallest absolute Gasteiger partial charge is 0.249 e. The standard InChI is InChI=1S/C16H24N2O3/c1-12(2)21-11-16(19)18-9-8-17-10-14(18)13-6-4-5-7-15(13)20-3/h4-7,12,14,17H,8-11H2,1-3H3. The molecule has 0 radical (unpaired) electrons. The zero-order valence-corrected chi connectivity index (χ0v) is 13.0. The molecule has 1 atom stereocenters. The van der Waals surface area contributed by atoms with Crippen molar-refractivity contribution in [2.45, 2.75) is 26.0 Å². The monoisotopic (exact) mass is 292 g/mol. The van der Waals surface area contributed by atoms with E-state index in [1.54, 1.807) is 7.11 Å². The largest absolute Gasteiger partial charge is 0.496 e. The lowest BCUT2D eigenvalue weighted by Gasteiger charge is -2.37. The van der Waals surface area contributed by atoms with Crippen molar-refractivity contribution in [3.63, 3.8) is 0 Å². The summed E-state index contributed by atoms with van der Waals surface area (Å²) in [7, 11) is 1.66. The average molecular weight is 292 g/mol. The third kappa shape index (κ3) is 3.95. The second kappa shape index (κ2) is 7.43. The Morgan fingerprint density at radius 1 is 1.43 bits per heavy atom. The van der Waals surface area contributed by atoms with Gasteiger partial charge in [-0.3, -0.25) is 4.79 Å². The Hall–Kier alpha value is -1.59. The first kappa shape index (κ1) is 15.8. The van der Waals surface area contributed by atoms with Crippen LogP contribution in [0.15, 0.2) is 24.3 Å². The van der Waals surface area contributed by atoms with E-state index in [2.05, 4.69) is 5.32 Å². The number of methoxy groups -OCH3 is 1. The zero-order valence-electron chi connectivity index (χ0n) is 13.0. The molecule has 1 aromatic carbocycles. The third-order valence-corrected chi connectivity index (χ3v) is 3.60. The highest BCUT2D eigenvalue weighted by Gasteiger charge is 2.29. The van der Waals surface area contributed by atoms with Crippen LogP contribution in [0.1, 0.15) is 25.5 Å². The van der Waals surface area contributed by atoms with E-state index >= 15 is 0 Å². The Balaban J connectivity index is 2.17. The minimum Gasteiger partial charge on any atom is -0.496 e. The second-order valence-electron chi connectivity index (χ2n) is 5.41. The lowest BCUT2D eigenvalue weighted by Crippen LogP contribution is -2.50. The van der Waals surface area contributed by atoms with Gasteiger partial charge in [-0.15, -0.1) is 0 Å². The number of nitrogens with one attached hydrogen (secondary N) is 1. The molecule has 0 saturated carbocycles. The fourth-order valence-electron chi connectivity index (χ4n) is 2.54. The second-order valence-corrected chi connectivity index (χ2v) is 5.41. The number of para-hydroxylation sites is 1. The van der Waals surface area contributed by atoms with Gasteiger partial charge in [0.25, 0.3) is 0 Å². The molecule has 1 aliphatic rings. The van der Waals surface area contributed by atoms with E-state index in [-0.39, 0.29) is 24.7 Å². The molecular formula is C16H24N2O3. The molecule has 5 nitrogen and oxygen atoms in total. The first-order valence-electron chi connectivity index (χ1n) is 7.38. The molecule has 0 aromatic heterocycles. The summed E-state index contributed by atoms with van der Waals surface area (Å²) in [6.07, 6.45) is 0.0570. The molecule has 0 bridgehead atoms. The van der Waals surface area contributed by atoms with Gasteiger partial charge in [0.15, 0.2) is 0 Å². The summed E-state index contributed by atoms with van der Waals surface area (Å²) in [5, 5.41) is 3.34. The van der Waals surface area contributed by atoms with Crippen LogP contribution in [-0.4, -0.2) is 50.3 Å².